The van der Waals surface area contributed by atoms with Crippen LogP contribution in [0.25, 0.3) is 33.9 Å². The van der Waals surface area contributed by atoms with Gasteiger partial charge < -0.3 is 14.1 Å². The van der Waals surface area contributed by atoms with Crippen LogP contribution in [-0.4, -0.2) is 38.9 Å². The Bertz CT molecular complexity index is 1700. The number of hydrogen-bond acceptors (Lipinski definition) is 6. The Morgan fingerprint density at radius 3 is 2.71 bits per heavy atom. The van der Waals surface area contributed by atoms with E-state index in [9.17, 15) is 9.59 Å². The molecular formula is C25H24N8O2. The third-order valence-electron chi connectivity index (χ3n) is 6.41. The fraction of sp³-hybridized carbons (Fsp3) is 0.280. The molecule has 4 aromatic heterocycles. The van der Waals surface area contributed by atoms with E-state index in [0.717, 1.165) is 21.5 Å². The molecule has 0 bridgehead atoms. The van der Waals surface area contributed by atoms with Crippen LogP contribution in [0.3, 0.4) is 0 Å². The molecule has 5 aromatic rings. The van der Waals surface area contributed by atoms with Gasteiger partial charge in [-0.2, -0.15) is 0 Å². The molecule has 6 rings (SSSR count). The monoisotopic (exact) mass is 468 g/mol. The van der Waals surface area contributed by atoms with Crippen molar-refractivity contribution in [3.05, 3.63) is 81.3 Å². The van der Waals surface area contributed by atoms with Crippen molar-refractivity contribution >= 4 is 10.9 Å². The Labute approximate surface area is 199 Å². The lowest BCUT2D eigenvalue weighted by Crippen LogP contribution is -2.34. The molecule has 0 amide bonds. The highest BCUT2D eigenvalue weighted by Crippen LogP contribution is 2.39. The maximum atomic E-state index is 13.6. The summed E-state index contributed by atoms with van der Waals surface area (Å²) in [5.74, 6) is 1.32. The van der Waals surface area contributed by atoms with E-state index < -0.39 is 11.2 Å². The standard InChI is InChI=1S/C25H24N8O2/c1-14(2)32-13-27-30-23(32)18-5-4-6-22(28-18)33-24(34)17-10-21(15(3)9-19(17)29-25(33)35)31-11-20(26-12-31)16-7-8-16/h4-6,9-14,16H,7-8H2,1-3H3,(H,29,35). The molecule has 1 saturated carbocycles. The van der Waals surface area contributed by atoms with Crippen molar-refractivity contribution in [1.82, 2.24) is 38.9 Å². The Morgan fingerprint density at radius 2 is 1.94 bits per heavy atom. The summed E-state index contributed by atoms with van der Waals surface area (Å²) in [4.78, 5) is 38.5. The Balaban J connectivity index is 1.50. The van der Waals surface area contributed by atoms with E-state index in [2.05, 4.69) is 25.1 Å². The average Bonchev–Trinajstić information content (AvgIpc) is 3.35. The summed E-state index contributed by atoms with van der Waals surface area (Å²) in [6.45, 7) is 5.98. The Kier molecular flexibility index (Phi) is 4.77. The van der Waals surface area contributed by atoms with Crippen molar-refractivity contribution < 1.29 is 0 Å². The van der Waals surface area contributed by atoms with E-state index in [-0.39, 0.29) is 11.9 Å². The molecule has 1 aliphatic carbocycles. The van der Waals surface area contributed by atoms with Crippen LogP contribution in [0, 0.1) is 6.92 Å². The second-order valence-corrected chi connectivity index (χ2v) is 9.27. The number of rotatable bonds is 5. The molecule has 1 aromatic carbocycles. The fourth-order valence-electron chi connectivity index (χ4n) is 4.38. The first-order valence-corrected chi connectivity index (χ1v) is 11.6. The zero-order valence-corrected chi connectivity index (χ0v) is 19.6. The minimum atomic E-state index is -0.553. The summed E-state index contributed by atoms with van der Waals surface area (Å²) < 4.78 is 4.88. The number of pyridine rings is 1. The van der Waals surface area contributed by atoms with E-state index in [1.807, 2.05) is 42.2 Å². The minimum absolute atomic E-state index is 0.127. The van der Waals surface area contributed by atoms with Gasteiger partial charge in [0.25, 0.3) is 5.56 Å². The van der Waals surface area contributed by atoms with Gasteiger partial charge in [0.1, 0.15) is 17.8 Å². The van der Waals surface area contributed by atoms with Crippen LogP contribution < -0.4 is 11.2 Å². The largest absolute Gasteiger partial charge is 0.334 e. The minimum Gasteiger partial charge on any atom is -0.310 e. The zero-order valence-electron chi connectivity index (χ0n) is 19.6. The number of H-pyrrole nitrogens is 1. The van der Waals surface area contributed by atoms with Crippen LogP contribution in [0.15, 0.2) is 58.8 Å². The molecule has 10 nitrogen and oxygen atoms in total. The normalized spacial score (nSPS) is 13.7. The van der Waals surface area contributed by atoms with Crippen molar-refractivity contribution in [3.63, 3.8) is 0 Å². The predicted octanol–water partition coefficient (Wildman–Crippen LogP) is 3.28. The quantitative estimate of drug-likeness (QED) is 0.423. The van der Waals surface area contributed by atoms with E-state index in [0.29, 0.717) is 28.3 Å². The smallest absolute Gasteiger partial charge is 0.310 e. The van der Waals surface area contributed by atoms with Crippen molar-refractivity contribution in [3.8, 4) is 23.0 Å². The second kappa shape index (κ2) is 7.86. The highest BCUT2D eigenvalue weighted by atomic mass is 16.2. The van der Waals surface area contributed by atoms with Gasteiger partial charge in [-0.15, -0.1) is 10.2 Å². The van der Waals surface area contributed by atoms with Crippen molar-refractivity contribution in [1.29, 1.82) is 0 Å². The molecule has 0 radical (unpaired) electrons. The maximum absolute atomic E-state index is 13.6. The third kappa shape index (κ3) is 3.58. The van der Waals surface area contributed by atoms with Gasteiger partial charge in [-0.25, -0.2) is 19.3 Å². The Hall–Kier alpha value is -4.34. The summed E-state index contributed by atoms with van der Waals surface area (Å²) in [7, 11) is 0. The van der Waals surface area contributed by atoms with Crippen LogP contribution in [-0.2, 0) is 0 Å². The molecule has 1 aliphatic rings. The molecule has 1 N–H and O–H groups in total. The van der Waals surface area contributed by atoms with Crippen LogP contribution in [0.5, 0.6) is 0 Å². The summed E-state index contributed by atoms with van der Waals surface area (Å²) in [6, 6.07) is 8.92. The summed E-state index contributed by atoms with van der Waals surface area (Å²) in [6.07, 6.45) is 7.77. The number of hydrogen-bond donors (Lipinski definition) is 1. The summed E-state index contributed by atoms with van der Waals surface area (Å²) in [5.41, 5.74) is 2.86. The van der Waals surface area contributed by atoms with E-state index in [1.54, 1.807) is 36.9 Å². The van der Waals surface area contributed by atoms with Gasteiger partial charge in [-0.1, -0.05) is 6.07 Å². The third-order valence-corrected chi connectivity index (χ3v) is 6.41. The number of nitrogens with one attached hydrogen (secondary N) is 1. The predicted molar refractivity (Wildman–Crippen MR) is 131 cm³/mol. The first kappa shape index (κ1) is 21.2. The van der Waals surface area contributed by atoms with Gasteiger partial charge in [-0.3, -0.25) is 4.79 Å². The van der Waals surface area contributed by atoms with Gasteiger partial charge in [0.05, 0.1) is 28.6 Å². The fourth-order valence-corrected chi connectivity index (χ4v) is 4.38. The number of aromatic amines is 1. The molecule has 4 heterocycles. The van der Waals surface area contributed by atoms with E-state index >= 15 is 0 Å². The number of fused-ring (bicyclic) bond motifs is 1. The van der Waals surface area contributed by atoms with Gasteiger partial charge in [-0.05, 0) is 63.4 Å². The lowest BCUT2D eigenvalue weighted by atomic mass is 10.1. The molecule has 35 heavy (non-hydrogen) atoms. The lowest BCUT2D eigenvalue weighted by molar-refractivity contribution is 0.603. The Morgan fingerprint density at radius 1 is 1.11 bits per heavy atom. The average molecular weight is 469 g/mol. The van der Waals surface area contributed by atoms with Crippen LogP contribution in [0.1, 0.15) is 49.9 Å². The SMILES string of the molecule is Cc1cc2[nH]c(=O)n(-c3cccc(-c4nncn4C(C)C)n3)c(=O)c2cc1-n1cnc(C2CC2)c1. The molecule has 0 saturated heterocycles. The van der Waals surface area contributed by atoms with Crippen molar-refractivity contribution in [2.45, 2.75) is 45.6 Å². The molecule has 0 atom stereocenters. The number of benzene rings is 1. The van der Waals surface area contributed by atoms with Crippen LogP contribution in [0.2, 0.25) is 0 Å². The maximum Gasteiger partial charge on any atom is 0.334 e. The zero-order chi connectivity index (χ0) is 24.3. The van der Waals surface area contributed by atoms with Gasteiger partial charge >= 0.3 is 5.69 Å². The molecule has 1 fully saturated rings. The van der Waals surface area contributed by atoms with E-state index in [4.69, 9.17) is 0 Å². The van der Waals surface area contributed by atoms with Gasteiger partial charge in [0.2, 0.25) is 0 Å². The van der Waals surface area contributed by atoms with Crippen molar-refractivity contribution in [2.24, 2.45) is 0 Å². The second-order valence-electron chi connectivity index (χ2n) is 9.27. The summed E-state index contributed by atoms with van der Waals surface area (Å²) >= 11 is 0. The lowest BCUT2D eigenvalue weighted by Gasteiger charge is -2.12. The first-order valence-electron chi connectivity index (χ1n) is 11.6. The molecule has 0 aliphatic heterocycles. The molecule has 0 spiro atoms. The first-order chi connectivity index (χ1) is 16.9. The van der Waals surface area contributed by atoms with Crippen LogP contribution >= 0.6 is 0 Å². The van der Waals surface area contributed by atoms with Crippen LogP contribution in [0.4, 0.5) is 0 Å². The highest BCUT2D eigenvalue weighted by Gasteiger charge is 2.26. The molecule has 0 unspecified atom stereocenters. The van der Waals surface area contributed by atoms with Gasteiger partial charge in [0, 0.05) is 18.2 Å². The summed E-state index contributed by atoms with van der Waals surface area (Å²) in [5, 5.41) is 8.56. The number of nitrogens with zero attached hydrogens (tertiary/aromatic N) is 7. The molecule has 10 heteroatoms. The molecular weight excluding hydrogens is 444 g/mol. The molecule has 176 valence electrons. The van der Waals surface area contributed by atoms with Gasteiger partial charge in [0.15, 0.2) is 5.82 Å². The topological polar surface area (TPSA) is 116 Å². The van der Waals surface area contributed by atoms with E-state index in [1.165, 1.54) is 12.8 Å². The highest BCUT2D eigenvalue weighted by molar-refractivity contribution is 5.81. The number of aryl methyl sites for hydroxylation is 1. The number of aromatic nitrogens is 8. The number of imidazole rings is 1. The van der Waals surface area contributed by atoms with Crippen molar-refractivity contribution in [2.75, 3.05) is 0 Å².